The first kappa shape index (κ1) is 14.5. The lowest BCUT2D eigenvalue weighted by Gasteiger charge is -2.36. The lowest BCUT2D eigenvalue weighted by molar-refractivity contribution is -0.142. The summed E-state index contributed by atoms with van der Waals surface area (Å²) in [5.41, 5.74) is 0.894. The summed E-state index contributed by atoms with van der Waals surface area (Å²) in [4.78, 5) is 18.8. The van der Waals surface area contributed by atoms with Crippen molar-refractivity contribution in [2.75, 3.05) is 13.2 Å². The second-order valence-corrected chi connectivity index (χ2v) is 6.44. The first-order chi connectivity index (χ1) is 8.97. The lowest BCUT2D eigenvalue weighted by Crippen LogP contribution is -2.50. The van der Waals surface area contributed by atoms with Gasteiger partial charge >= 0.3 is 0 Å². The molecule has 4 nitrogen and oxygen atoms in total. The van der Waals surface area contributed by atoms with Crippen molar-refractivity contribution in [3.05, 3.63) is 16.1 Å². The van der Waals surface area contributed by atoms with Crippen LogP contribution in [-0.4, -0.2) is 41.1 Å². The van der Waals surface area contributed by atoms with Gasteiger partial charge < -0.3 is 9.64 Å². The van der Waals surface area contributed by atoms with E-state index in [-0.39, 0.29) is 18.1 Å². The third-order valence-electron chi connectivity index (χ3n) is 3.32. The third-order valence-corrected chi connectivity index (χ3v) is 4.52. The topological polar surface area (TPSA) is 42.4 Å². The Morgan fingerprint density at radius 3 is 2.95 bits per heavy atom. The van der Waals surface area contributed by atoms with E-state index in [2.05, 4.69) is 18.8 Å². The second-order valence-electron chi connectivity index (χ2n) is 5.55. The SMILES string of the molecule is CC1CN(C(=O)Cc2csc(C(C)C)n2)C(C)CO1. The molecule has 1 amide bonds. The minimum Gasteiger partial charge on any atom is -0.375 e. The Morgan fingerprint density at radius 2 is 2.32 bits per heavy atom. The molecule has 1 saturated heterocycles. The maximum absolute atomic E-state index is 12.3. The molecule has 0 spiro atoms. The Bertz CT molecular complexity index is 444. The summed E-state index contributed by atoms with van der Waals surface area (Å²) in [7, 11) is 0. The summed E-state index contributed by atoms with van der Waals surface area (Å²) in [6.07, 6.45) is 0.530. The van der Waals surface area contributed by atoms with Crippen LogP contribution < -0.4 is 0 Å². The highest BCUT2D eigenvalue weighted by Crippen LogP contribution is 2.20. The molecular weight excluding hydrogens is 260 g/mol. The fourth-order valence-corrected chi connectivity index (χ4v) is 3.01. The highest BCUT2D eigenvalue weighted by atomic mass is 32.1. The van der Waals surface area contributed by atoms with Crippen LogP contribution in [0.1, 0.15) is 44.3 Å². The first-order valence-electron chi connectivity index (χ1n) is 6.82. The monoisotopic (exact) mass is 282 g/mol. The number of thiazole rings is 1. The zero-order valence-corrected chi connectivity index (χ0v) is 12.9. The normalized spacial score (nSPS) is 23.9. The molecule has 2 atom stereocenters. The van der Waals surface area contributed by atoms with Gasteiger partial charge in [-0.25, -0.2) is 4.98 Å². The molecule has 2 unspecified atom stereocenters. The van der Waals surface area contributed by atoms with E-state index in [9.17, 15) is 4.79 Å². The number of hydrogen-bond acceptors (Lipinski definition) is 4. The van der Waals surface area contributed by atoms with Crippen LogP contribution in [-0.2, 0) is 16.0 Å². The Morgan fingerprint density at radius 1 is 1.58 bits per heavy atom. The number of hydrogen-bond donors (Lipinski definition) is 0. The van der Waals surface area contributed by atoms with Gasteiger partial charge in [-0.1, -0.05) is 13.8 Å². The van der Waals surface area contributed by atoms with Crippen LogP contribution in [0.15, 0.2) is 5.38 Å². The molecular formula is C14H22N2O2S. The molecule has 5 heteroatoms. The van der Waals surface area contributed by atoms with Gasteiger partial charge in [0.05, 0.1) is 35.9 Å². The van der Waals surface area contributed by atoms with Crippen molar-refractivity contribution < 1.29 is 9.53 Å². The van der Waals surface area contributed by atoms with Crippen molar-refractivity contribution in [3.63, 3.8) is 0 Å². The van der Waals surface area contributed by atoms with Crippen molar-refractivity contribution >= 4 is 17.2 Å². The number of morpholine rings is 1. The first-order valence-corrected chi connectivity index (χ1v) is 7.70. The van der Waals surface area contributed by atoms with E-state index >= 15 is 0 Å². The molecule has 0 saturated carbocycles. The van der Waals surface area contributed by atoms with Gasteiger partial charge in [-0.3, -0.25) is 4.79 Å². The smallest absolute Gasteiger partial charge is 0.229 e. The van der Waals surface area contributed by atoms with Crippen LogP contribution >= 0.6 is 11.3 Å². The van der Waals surface area contributed by atoms with E-state index < -0.39 is 0 Å². The predicted octanol–water partition coefficient (Wildman–Crippen LogP) is 2.44. The van der Waals surface area contributed by atoms with E-state index in [1.54, 1.807) is 11.3 Å². The van der Waals surface area contributed by atoms with Gasteiger partial charge in [0.2, 0.25) is 5.91 Å². The Hall–Kier alpha value is -0.940. The number of aromatic nitrogens is 1. The minimum absolute atomic E-state index is 0.127. The number of carbonyl (C=O) groups excluding carboxylic acids is 1. The Kier molecular flexibility index (Phi) is 4.58. The quantitative estimate of drug-likeness (QED) is 0.855. The molecule has 0 radical (unpaired) electrons. The van der Waals surface area contributed by atoms with Gasteiger partial charge in [0, 0.05) is 17.8 Å². The molecule has 0 bridgehead atoms. The van der Waals surface area contributed by atoms with Crippen LogP contribution in [0.5, 0.6) is 0 Å². The van der Waals surface area contributed by atoms with Crippen molar-refractivity contribution in [1.29, 1.82) is 0 Å². The molecule has 1 aromatic rings. The molecule has 106 valence electrons. The molecule has 1 aliphatic heterocycles. The maximum Gasteiger partial charge on any atom is 0.229 e. The molecule has 0 aliphatic carbocycles. The maximum atomic E-state index is 12.3. The molecule has 0 aromatic carbocycles. The number of ether oxygens (including phenoxy) is 1. The highest BCUT2D eigenvalue weighted by Gasteiger charge is 2.27. The van der Waals surface area contributed by atoms with E-state index in [0.29, 0.717) is 25.5 Å². The number of rotatable bonds is 3. The van der Waals surface area contributed by atoms with E-state index in [4.69, 9.17) is 4.74 Å². The van der Waals surface area contributed by atoms with E-state index in [1.807, 2.05) is 24.1 Å². The van der Waals surface area contributed by atoms with Gasteiger partial charge in [0.15, 0.2) is 0 Å². The van der Waals surface area contributed by atoms with Gasteiger partial charge in [0.1, 0.15) is 0 Å². The zero-order chi connectivity index (χ0) is 14.0. The Balaban J connectivity index is 1.99. The number of carbonyl (C=O) groups is 1. The fraction of sp³-hybridized carbons (Fsp3) is 0.714. The molecule has 2 heterocycles. The number of nitrogens with zero attached hydrogens (tertiary/aromatic N) is 2. The van der Waals surface area contributed by atoms with Crippen LogP contribution in [0, 0.1) is 0 Å². The largest absolute Gasteiger partial charge is 0.375 e. The summed E-state index contributed by atoms with van der Waals surface area (Å²) < 4.78 is 5.55. The van der Waals surface area contributed by atoms with Crippen molar-refractivity contribution in [2.24, 2.45) is 0 Å². The molecule has 1 aliphatic rings. The predicted molar refractivity (Wildman–Crippen MR) is 76.5 cm³/mol. The molecule has 0 N–H and O–H groups in total. The summed E-state index contributed by atoms with van der Waals surface area (Å²) in [5, 5.41) is 3.10. The summed E-state index contributed by atoms with van der Waals surface area (Å²) >= 11 is 1.64. The van der Waals surface area contributed by atoms with E-state index in [0.717, 1.165) is 10.7 Å². The van der Waals surface area contributed by atoms with Crippen LogP contribution in [0.3, 0.4) is 0 Å². The van der Waals surface area contributed by atoms with Gasteiger partial charge in [0.25, 0.3) is 0 Å². The van der Waals surface area contributed by atoms with Crippen molar-refractivity contribution in [1.82, 2.24) is 9.88 Å². The van der Waals surface area contributed by atoms with Crippen molar-refractivity contribution in [2.45, 2.75) is 52.2 Å². The fourth-order valence-electron chi connectivity index (χ4n) is 2.18. The lowest BCUT2D eigenvalue weighted by atomic mass is 10.1. The van der Waals surface area contributed by atoms with Crippen LogP contribution in [0.4, 0.5) is 0 Å². The molecule has 19 heavy (non-hydrogen) atoms. The summed E-state index contributed by atoms with van der Waals surface area (Å²) in [6, 6.07) is 0.159. The molecule has 1 aromatic heterocycles. The average molecular weight is 282 g/mol. The standard InChI is InChI=1S/C14H22N2O2S/c1-9(2)14-15-12(8-19-14)5-13(17)16-6-11(4)18-7-10(16)3/h8-11H,5-7H2,1-4H3. The van der Waals surface area contributed by atoms with Crippen LogP contribution in [0.25, 0.3) is 0 Å². The average Bonchev–Trinajstić information content (AvgIpc) is 2.80. The highest BCUT2D eigenvalue weighted by molar-refractivity contribution is 7.09. The molecule has 1 fully saturated rings. The van der Waals surface area contributed by atoms with Gasteiger partial charge in [-0.2, -0.15) is 0 Å². The second kappa shape index (κ2) is 6.01. The number of amides is 1. The summed E-state index contributed by atoms with van der Waals surface area (Å²) in [5.74, 6) is 0.583. The molecule has 2 rings (SSSR count). The van der Waals surface area contributed by atoms with Gasteiger partial charge in [-0.05, 0) is 13.8 Å². The van der Waals surface area contributed by atoms with Gasteiger partial charge in [-0.15, -0.1) is 11.3 Å². The van der Waals surface area contributed by atoms with E-state index in [1.165, 1.54) is 0 Å². The van der Waals surface area contributed by atoms with Crippen molar-refractivity contribution in [3.8, 4) is 0 Å². The summed E-state index contributed by atoms with van der Waals surface area (Å²) in [6.45, 7) is 9.59. The third kappa shape index (κ3) is 3.54. The van der Waals surface area contributed by atoms with Crippen LogP contribution in [0.2, 0.25) is 0 Å². The minimum atomic E-state index is 0.127. The Labute approximate surface area is 118 Å². The zero-order valence-electron chi connectivity index (χ0n) is 12.0.